The van der Waals surface area contributed by atoms with E-state index in [9.17, 15) is 13.2 Å². The van der Waals surface area contributed by atoms with Gasteiger partial charge in [-0.1, -0.05) is 30.3 Å². The molecule has 1 amide bonds. The minimum absolute atomic E-state index is 0.0146. The predicted octanol–water partition coefficient (Wildman–Crippen LogP) is 5.81. The van der Waals surface area contributed by atoms with E-state index in [1.54, 1.807) is 43.5 Å². The highest BCUT2D eigenvalue weighted by atomic mass is 32.2. The van der Waals surface area contributed by atoms with Crippen LogP contribution in [0.25, 0.3) is 22.2 Å². The summed E-state index contributed by atoms with van der Waals surface area (Å²) < 4.78 is 45.9. The summed E-state index contributed by atoms with van der Waals surface area (Å²) in [7, 11) is -0.968. The number of methoxy groups -OCH3 is 2. The molecule has 0 saturated carbocycles. The van der Waals surface area contributed by atoms with E-state index >= 15 is 0 Å². The highest BCUT2D eigenvalue weighted by Crippen LogP contribution is 2.33. The van der Waals surface area contributed by atoms with Gasteiger partial charge in [-0.15, -0.1) is 0 Å². The number of aromatic nitrogens is 1. The van der Waals surface area contributed by atoms with Crippen molar-refractivity contribution in [2.75, 3.05) is 55.5 Å². The highest BCUT2D eigenvalue weighted by molar-refractivity contribution is 7.92. The maximum Gasteiger partial charge on any atom is 0.262 e. The van der Waals surface area contributed by atoms with Crippen LogP contribution in [0, 0.1) is 0 Å². The Morgan fingerprint density at radius 2 is 1.58 bits per heavy atom. The molecule has 45 heavy (non-hydrogen) atoms. The first-order chi connectivity index (χ1) is 21.9. The molecule has 1 saturated heterocycles. The van der Waals surface area contributed by atoms with Crippen molar-refractivity contribution in [3.8, 4) is 22.8 Å². The number of fused-ring (bicyclic) bond motifs is 1. The number of pyridine rings is 1. The van der Waals surface area contributed by atoms with Crippen LogP contribution in [0.15, 0.2) is 102 Å². The molecule has 0 unspecified atom stereocenters. The molecule has 2 heterocycles. The summed E-state index contributed by atoms with van der Waals surface area (Å²) in [6.07, 6.45) is 0. The van der Waals surface area contributed by atoms with Crippen LogP contribution < -0.4 is 24.4 Å². The van der Waals surface area contributed by atoms with Crippen molar-refractivity contribution in [1.29, 1.82) is 0 Å². The summed E-state index contributed by atoms with van der Waals surface area (Å²) in [6, 6.07) is 28.1. The van der Waals surface area contributed by atoms with Crippen molar-refractivity contribution in [2.45, 2.75) is 4.90 Å². The number of carbonyl (C=O) groups excluding carboxylic acids is 1. The molecule has 0 aliphatic carbocycles. The molecule has 1 aliphatic heterocycles. The number of anilines is 3. The number of hydrogen-bond donors (Lipinski definition) is 2. The number of carbonyl (C=O) groups is 1. The summed E-state index contributed by atoms with van der Waals surface area (Å²) in [4.78, 5) is 21.0. The van der Waals surface area contributed by atoms with Crippen molar-refractivity contribution < 1.29 is 27.4 Å². The number of nitrogens with zero attached hydrogens (tertiary/aromatic N) is 2. The van der Waals surface area contributed by atoms with E-state index in [1.807, 2.05) is 48.5 Å². The van der Waals surface area contributed by atoms with Crippen LogP contribution in [0.5, 0.6) is 11.5 Å². The smallest absolute Gasteiger partial charge is 0.262 e. The minimum Gasteiger partial charge on any atom is -0.497 e. The first kappa shape index (κ1) is 29.9. The zero-order valence-corrected chi connectivity index (χ0v) is 25.6. The second-order valence-electron chi connectivity index (χ2n) is 10.3. The molecular formula is C34H32N4O6S. The van der Waals surface area contributed by atoms with Crippen LogP contribution in [0.3, 0.4) is 0 Å². The molecule has 6 rings (SSSR count). The quantitative estimate of drug-likeness (QED) is 0.211. The van der Waals surface area contributed by atoms with Crippen LogP contribution in [0.4, 0.5) is 17.1 Å². The fraction of sp³-hybridized carbons (Fsp3) is 0.176. The standard InChI is InChI=1S/C34H32N4O6S/c1-42-24-13-11-23(12-14-24)30-22-27(26-7-3-4-8-28(26)35-30)34(39)36-31-21-25(15-16-32(31)38-17-19-44-20-18-38)45(40,41)37-29-9-5-6-10-33(29)43-2/h3-16,21-22,37H,17-20H2,1-2H3,(H,36,39). The first-order valence-corrected chi connectivity index (χ1v) is 15.8. The summed E-state index contributed by atoms with van der Waals surface area (Å²) in [5.74, 6) is 0.699. The van der Waals surface area contributed by atoms with Gasteiger partial charge in [0.1, 0.15) is 11.5 Å². The molecule has 1 aliphatic rings. The Balaban J connectivity index is 1.40. The summed E-state index contributed by atoms with van der Waals surface area (Å²) in [5, 5.41) is 3.69. The van der Waals surface area contributed by atoms with Crippen LogP contribution in [0.2, 0.25) is 0 Å². The average molecular weight is 625 g/mol. The molecule has 5 aromatic rings. The fourth-order valence-corrected chi connectivity index (χ4v) is 6.35. The SMILES string of the molecule is COc1ccc(-c2cc(C(=O)Nc3cc(S(=O)(=O)Nc4ccccc4OC)ccc3N3CCOCC3)c3ccccc3n2)cc1. The van der Waals surface area contributed by atoms with Crippen LogP contribution in [0.1, 0.15) is 10.4 Å². The van der Waals surface area contributed by atoms with E-state index in [1.165, 1.54) is 19.2 Å². The highest BCUT2D eigenvalue weighted by Gasteiger charge is 2.23. The molecule has 1 fully saturated rings. The van der Waals surface area contributed by atoms with E-state index in [2.05, 4.69) is 14.9 Å². The molecule has 10 nitrogen and oxygen atoms in total. The summed E-state index contributed by atoms with van der Waals surface area (Å²) in [6.45, 7) is 2.22. The third-order valence-electron chi connectivity index (χ3n) is 7.58. The van der Waals surface area contributed by atoms with Crippen LogP contribution >= 0.6 is 0 Å². The third-order valence-corrected chi connectivity index (χ3v) is 8.94. The second-order valence-corrected chi connectivity index (χ2v) is 12.0. The second kappa shape index (κ2) is 12.8. The van der Waals surface area contributed by atoms with Crippen molar-refractivity contribution >= 4 is 43.9 Å². The van der Waals surface area contributed by atoms with Gasteiger partial charge in [0.25, 0.3) is 15.9 Å². The van der Waals surface area contributed by atoms with E-state index in [4.69, 9.17) is 19.2 Å². The van der Waals surface area contributed by atoms with E-state index in [-0.39, 0.29) is 4.90 Å². The number of morpholine rings is 1. The molecule has 230 valence electrons. The van der Waals surface area contributed by atoms with Gasteiger partial charge in [-0.05, 0) is 66.7 Å². The number of benzene rings is 4. The number of nitrogens with one attached hydrogen (secondary N) is 2. The van der Waals surface area contributed by atoms with Gasteiger partial charge in [-0.2, -0.15) is 0 Å². The molecule has 0 atom stereocenters. The topological polar surface area (TPSA) is 119 Å². The zero-order valence-electron chi connectivity index (χ0n) is 24.8. The number of rotatable bonds is 9. The van der Waals surface area contributed by atoms with Crippen molar-refractivity contribution in [3.63, 3.8) is 0 Å². The van der Waals surface area contributed by atoms with E-state index in [0.717, 1.165) is 5.56 Å². The van der Waals surface area contributed by atoms with Gasteiger partial charge in [-0.3, -0.25) is 9.52 Å². The number of sulfonamides is 1. The van der Waals surface area contributed by atoms with Crippen LogP contribution in [-0.4, -0.2) is 59.8 Å². The van der Waals surface area contributed by atoms with Gasteiger partial charge in [-0.25, -0.2) is 13.4 Å². The first-order valence-electron chi connectivity index (χ1n) is 14.3. The lowest BCUT2D eigenvalue weighted by Gasteiger charge is -2.31. The minimum atomic E-state index is -4.04. The van der Waals surface area contributed by atoms with Gasteiger partial charge >= 0.3 is 0 Å². The lowest BCUT2D eigenvalue weighted by atomic mass is 10.0. The van der Waals surface area contributed by atoms with Gasteiger partial charge in [0.2, 0.25) is 0 Å². The molecular weight excluding hydrogens is 592 g/mol. The molecule has 1 aromatic heterocycles. The molecule has 4 aromatic carbocycles. The lowest BCUT2D eigenvalue weighted by Crippen LogP contribution is -2.36. The van der Waals surface area contributed by atoms with Gasteiger partial charge < -0.3 is 24.4 Å². The average Bonchev–Trinajstić information content (AvgIpc) is 3.08. The molecule has 11 heteroatoms. The van der Waals surface area contributed by atoms with Crippen molar-refractivity contribution in [2.24, 2.45) is 0 Å². The Bertz CT molecular complexity index is 1960. The lowest BCUT2D eigenvalue weighted by molar-refractivity contribution is 0.102. The van der Waals surface area contributed by atoms with Gasteiger partial charge in [0.05, 0.1) is 66.2 Å². The normalized spacial score (nSPS) is 13.3. The molecule has 2 N–H and O–H groups in total. The molecule has 0 radical (unpaired) electrons. The Morgan fingerprint density at radius 1 is 0.844 bits per heavy atom. The van der Waals surface area contributed by atoms with Crippen LogP contribution in [-0.2, 0) is 14.8 Å². The van der Waals surface area contributed by atoms with Crippen molar-refractivity contribution in [3.05, 3.63) is 103 Å². The number of ether oxygens (including phenoxy) is 3. The monoisotopic (exact) mass is 624 g/mol. The maximum atomic E-state index is 14.1. The van der Waals surface area contributed by atoms with Gasteiger partial charge in [0.15, 0.2) is 0 Å². The maximum absolute atomic E-state index is 14.1. The van der Waals surface area contributed by atoms with E-state index in [0.29, 0.717) is 77.0 Å². The number of hydrogen-bond acceptors (Lipinski definition) is 8. The molecule has 0 spiro atoms. The largest absolute Gasteiger partial charge is 0.497 e. The number of amides is 1. The zero-order chi connectivity index (χ0) is 31.4. The predicted molar refractivity (Wildman–Crippen MR) is 175 cm³/mol. The van der Waals surface area contributed by atoms with Crippen molar-refractivity contribution in [1.82, 2.24) is 4.98 Å². The summed E-state index contributed by atoms with van der Waals surface area (Å²) >= 11 is 0. The Morgan fingerprint density at radius 3 is 2.33 bits per heavy atom. The summed E-state index contributed by atoms with van der Waals surface area (Å²) in [5.41, 5.74) is 3.85. The fourth-order valence-electron chi connectivity index (χ4n) is 5.26. The Kier molecular flexibility index (Phi) is 8.54. The van der Waals surface area contributed by atoms with E-state index < -0.39 is 15.9 Å². The Labute approximate surface area is 261 Å². The third kappa shape index (κ3) is 6.40. The molecule has 0 bridgehead atoms. The number of para-hydroxylation sites is 3. The van der Waals surface area contributed by atoms with Gasteiger partial charge in [0, 0.05) is 24.0 Å². The Hall–Kier alpha value is -5.13.